The van der Waals surface area contributed by atoms with Crippen molar-refractivity contribution in [3.8, 4) is 17.2 Å². The number of aryl methyl sites for hydroxylation is 1. The Hall–Kier alpha value is -4.13. The van der Waals surface area contributed by atoms with Crippen LogP contribution in [0.1, 0.15) is 40.7 Å². The van der Waals surface area contributed by atoms with Crippen molar-refractivity contribution in [3.05, 3.63) is 83.4 Å². The van der Waals surface area contributed by atoms with E-state index in [4.69, 9.17) is 9.15 Å². The third-order valence-corrected chi connectivity index (χ3v) is 6.93. The highest BCUT2D eigenvalue weighted by Gasteiger charge is 2.25. The average Bonchev–Trinajstić information content (AvgIpc) is 3.36. The second kappa shape index (κ2) is 10.9. The Morgan fingerprint density at radius 2 is 1.84 bits per heavy atom. The van der Waals surface area contributed by atoms with Gasteiger partial charge in [-0.05, 0) is 73.7 Å². The van der Waals surface area contributed by atoms with Gasteiger partial charge in [-0.3, -0.25) is 9.59 Å². The van der Waals surface area contributed by atoms with E-state index in [0.29, 0.717) is 48.6 Å². The van der Waals surface area contributed by atoms with E-state index < -0.39 is 0 Å². The SMILES string of the molecule is COc1cccc(CNC(=O)CC2CCN(C(=O)c3ccc4oc(-c5ccc(C)cc5)nc4c3)CC2)c1. The summed E-state index contributed by atoms with van der Waals surface area (Å²) >= 11 is 0. The van der Waals surface area contributed by atoms with Gasteiger partial charge in [0.2, 0.25) is 11.8 Å². The molecule has 3 aromatic carbocycles. The van der Waals surface area contributed by atoms with Crippen LogP contribution in [0.4, 0.5) is 0 Å². The summed E-state index contributed by atoms with van der Waals surface area (Å²) in [6.45, 7) is 3.79. The number of methoxy groups -OCH3 is 1. The highest BCUT2D eigenvalue weighted by atomic mass is 16.5. The van der Waals surface area contributed by atoms with E-state index >= 15 is 0 Å². The number of likely N-dealkylation sites (tertiary alicyclic amines) is 1. The maximum absolute atomic E-state index is 13.2. The summed E-state index contributed by atoms with van der Waals surface area (Å²) in [6, 6.07) is 21.1. The zero-order valence-electron chi connectivity index (χ0n) is 21.2. The Labute approximate surface area is 216 Å². The first kappa shape index (κ1) is 24.6. The quantitative estimate of drug-likeness (QED) is 0.371. The number of hydrogen-bond donors (Lipinski definition) is 1. The second-order valence-corrected chi connectivity index (χ2v) is 9.64. The van der Waals surface area contributed by atoms with Gasteiger partial charge in [-0.2, -0.15) is 0 Å². The molecule has 1 saturated heterocycles. The highest BCUT2D eigenvalue weighted by Crippen LogP contribution is 2.27. The van der Waals surface area contributed by atoms with Crippen LogP contribution in [0, 0.1) is 12.8 Å². The molecule has 2 heterocycles. The Bertz CT molecular complexity index is 1400. The smallest absolute Gasteiger partial charge is 0.253 e. The number of aromatic nitrogens is 1. The maximum Gasteiger partial charge on any atom is 0.253 e. The van der Waals surface area contributed by atoms with Crippen molar-refractivity contribution in [2.24, 2.45) is 5.92 Å². The Morgan fingerprint density at radius 3 is 2.59 bits per heavy atom. The number of oxazole rings is 1. The molecule has 1 aromatic heterocycles. The highest BCUT2D eigenvalue weighted by molar-refractivity contribution is 5.97. The first-order valence-corrected chi connectivity index (χ1v) is 12.6. The summed E-state index contributed by atoms with van der Waals surface area (Å²) in [4.78, 5) is 32.1. The molecule has 0 radical (unpaired) electrons. The van der Waals surface area contributed by atoms with Gasteiger partial charge in [0.1, 0.15) is 11.3 Å². The predicted molar refractivity (Wildman–Crippen MR) is 142 cm³/mol. The van der Waals surface area contributed by atoms with Gasteiger partial charge in [0.15, 0.2) is 5.58 Å². The maximum atomic E-state index is 13.2. The summed E-state index contributed by atoms with van der Waals surface area (Å²) in [5.74, 6) is 1.61. The first-order valence-electron chi connectivity index (χ1n) is 12.6. The van der Waals surface area contributed by atoms with E-state index in [1.54, 1.807) is 19.2 Å². The van der Waals surface area contributed by atoms with Crippen LogP contribution in [0.25, 0.3) is 22.6 Å². The fourth-order valence-corrected chi connectivity index (χ4v) is 4.72. The van der Waals surface area contributed by atoms with Crippen LogP contribution >= 0.6 is 0 Å². The number of hydrogen-bond acceptors (Lipinski definition) is 5. The molecule has 37 heavy (non-hydrogen) atoms. The average molecular weight is 498 g/mol. The minimum absolute atomic E-state index is 0.0114. The van der Waals surface area contributed by atoms with Crippen molar-refractivity contribution in [3.63, 3.8) is 0 Å². The Kier molecular flexibility index (Phi) is 7.21. The fraction of sp³-hybridized carbons (Fsp3) is 0.300. The molecule has 1 aliphatic rings. The van der Waals surface area contributed by atoms with Gasteiger partial charge in [0.05, 0.1) is 7.11 Å². The molecule has 1 aliphatic heterocycles. The summed E-state index contributed by atoms with van der Waals surface area (Å²) < 4.78 is 11.1. The zero-order chi connectivity index (χ0) is 25.8. The van der Waals surface area contributed by atoms with Gasteiger partial charge in [-0.25, -0.2) is 4.98 Å². The molecule has 0 aliphatic carbocycles. The number of carbonyl (C=O) groups excluding carboxylic acids is 2. The van der Waals surface area contributed by atoms with Gasteiger partial charge in [-0.1, -0.05) is 29.8 Å². The van der Waals surface area contributed by atoms with Crippen molar-refractivity contribution in [1.29, 1.82) is 0 Å². The lowest BCUT2D eigenvalue weighted by Crippen LogP contribution is -2.39. The van der Waals surface area contributed by atoms with E-state index in [2.05, 4.69) is 10.3 Å². The number of carbonyl (C=O) groups is 2. The van der Waals surface area contributed by atoms with Crippen molar-refractivity contribution in [2.75, 3.05) is 20.2 Å². The number of rotatable bonds is 7. The van der Waals surface area contributed by atoms with Crippen LogP contribution in [0.3, 0.4) is 0 Å². The number of amides is 2. The van der Waals surface area contributed by atoms with E-state index in [0.717, 1.165) is 29.7 Å². The molecule has 1 N–H and O–H groups in total. The van der Waals surface area contributed by atoms with Crippen LogP contribution in [-0.4, -0.2) is 41.9 Å². The lowest BCUT2D eigenvalue weighted by Gasteiger charge is -2.31. The molecule has 1 fully saturated rings. The third-order valence-electron chi connectivity index (χ3n) is 6.93. The minimum Gasteiger partial charge on any atom is -0.497 e. The Morgan fingerprint density at radius 1 is 1.05 bits per heavy atom. The van der Waals surface area contributed by atoms with Crippen molar-refractivity contribution in [2.45, 2.75) is 32.7 Å². The number of fused-ring (bicyclic) bond motifs is 1. The summed E-state index contributed by atoms with van der Waals surface area (Å²) in [6.07, 6.45) is 2.09. The first-order chi connectivity index (χ1) is 18.0. The van der Waals surface area contributed by atoms with Gasteiger partial charge in [-0.15, -0.1) is 0 Å². The lowest BCUT2D eigenvalue weighted by atomic mass is 9.92. The molecule has 0 saturated carbocycles. The summed E-state index contributed by atoms with van der Waals surface area (Å²) in [7, 11) is 1.63. The van der Waals surface area contributed by atoms with E-state index in [1.807, 2.05) is 66.4 Å². The van der Waals surface area contributed by atoms with Crippen LogP contribution in [-0.2, 0) is 11.3 Å². The monoisotopic (exact) mass is 497 g/mol. The van der Waals surface area contributed by atoms with Gasteiger partial charge in [0, 0.05) is 37.2 Å². The normalized spacial score (nSPS) is 14.1. The summed E-state index contributed by atoms with van der Waals surface area (Å²) in [5.41, 5.74) is 5.01. The molecule has 190 valence electrons. The van der Waals surface area contributed by atoms with Crippen molar-refractivity contribution in [1.82, 2.24) is 15.2 Å². The number of ether oxygens (including phenoxy) is 1. The van der Waals surface area contributed by atoms with Crippen molar-refractivity contribution >= 4 is 22.9 Å². The van der Waals surface area contributed by atoms with E-state index in [-0.39, 0.29) is 17.7 Å². The molecule has 2 amide bonds. The van der Waals surface area contributed by atoms with Crippen LogP contribution in [0.2, 0.25) is 0 Å². The standard InChI is InChI=1S/C30H31N3O4/c1-20-6-8-23(9-7-20)29-32-26-18-24(10-11-27(26)37-29)30(35)33-14-12-21(13-15-33)17-28(34)31-19-22-4-3-5-25(16-22)36-2/h3-11,16,18,21H,12-15,17,19H2,1-2H3,(H,31,34). The van der Waals surface area contributed by atoms with Gasteiger partial charge >= 0.3 is 0 Å². The minimum atomic E-state index is -0.0114. The Balaban J connectivity index is 1.14. The molecule has 7 heteroatoms. The topological polar surface area (TPSA) is 84.7 Å². The molecule has 7 nitrogen and oxygen atoms in total. The van der Waals surface area contributed by atoms with E-state index in [9.17, 15) is 9.59 Å². The molecule has 0 bridgehead atoms. The largest absolute Gasteiger partial charge is 0.497 e. The third kappa shape index (κ3) is 5.82. The number of piperidine rings is 1. The fourth-order valence-electron chi connectivity index (χ4n) is 4.72. The van der Waals surface area contributed by atoms with Crippen LogP contribution in [0.5, 0.6) is 5.75 Å². The molecule has 0 atom stereocenters. The number of benzene rings is 3. The second-order valence-electron chi connectivity index (χ2n) is 9.64. The molecule has 0 spiro atoms. The van der Waals surface area contributed by atoms with Crippen LogP contribution < -0.4 is 10.1 Å². The van der Waals surface area contributed by atoms with Crippen LogP contribution in [0.15, 0.2) is 71.1 Å². The predicted octanol–water partition coefficient (Wildman–Crippen LogP) is 5.37. The van der Waals surface area contributed by atoms with Crippen molar-refractivity contribution < 1.29 is 18.7 Å². The number of nitrogens with one attached hydrogen (secondary N) is 1. The zero-order valence-corrected chi connectivity index (χ0v) is 21.2. The molecular formula is C30H31N3O4. The molecule has 5 rings (SSSR count). The van der Waals surface area contributed by atoms with E-state index in [1.165, 1.54) is 5.56 Å². The molecule has 4 aromatic rings. The van der Waals surface area contributed by atoms with Gasteiger partial charge in [0.25, 0.3) is 5.91 Å². The molecule has 0 unspecified atom stereocenters. The number of nitrogens with zero attached hydrogens (tertiary/aromatic N) is 2. The lowest BCUT2D eigenvalue weighted by molar-refractivity contribution is -0.122. The summed E-state index contributed by atoms with van der Waals surface area (Å²) in [5, 5.41) is 3.00. The molecular weight excluding hydrogens is 466 g/mol. The van der Waals surface area contributed by atoms with Gasteiger partial charge < -0.3 is 19.4 Å².